The first kappa shape index (κ1) is 21.4. The molecule has 31 heavy (non-hydrogen) atoms. The van der Waals surface area contributed by atoms with E-state index in [1.54, 1.807) is 33.8 Å². The van der Waals surface area contributed by atoms with Crippen molar-refractivity contribution in [1.29, 1.82) is 0 Å². The van der Waals surface area contributed by atoms with E-state index in [9.17, 15) is 9.59 Å². The van der Waals surface area contributed by atoms with Crippen molar-refractivity contribution in [2.24, 2.45) is 13.0 Å². The standard InChI is InChI=1S/C21H22Cl2N6O2/c1-11(2)8-28-19-16(20(30)27(4)21(28)31)18(17-12(3)24-10-25-17)29(26-19)9-13-5-14(22)7-15(23)6-13/h5-7,10-11H,8-9H2,1-4H3,(H,24,25). The van der Waals surface area contributed by atoms with Crippen LogP contribution in [0.15, 0.2) is 34.1 Å². The summed E-state index contributed by atoms with van der Waals surface area (Å²) in [4.78, 5) is 33.5. The molecule has 0 aliphatic heterocycles. The summed E-state index contributed by atoms with van der Waals surface area (Å²) in [6, 6.07) is 5.24. The van der Waals surface area contributed by atoms with Crippen molar-refractivity contribution in [3.63, 3.8) is 0 Å². The number of aromatic nitrogens is 6. The molecule has 3 heterocycles. The van der Waals surface area contributed by atoms with Gasteiger partial charge >= 0.3 is 5.69 Å². The smallest absolute Gasteiger partial charge is 0.332 e. The Bertz CT molecular complexity index is 1390. The summed E-state index contributed by atoms with van der Waals surface area (Å²) >= 11 is 12.4. The molecule has 0 aliphatic carbocycles. The lowest BCUT2D eigenvalue weighted by Gasteiger charge is -2.10. The predicted molar refractivity (Wildman–Crippen MR) is 122 cm³/mol. The molecule has 0 saturated heterocycles. The first-order valence-electron chi connectivity index (χ1n) is 9.83. The number of aryl methyl sites for hydroxylation is 1. The third-order valence-electron chi connectivity index (χ3n) is 5.09. The minimum atomic E-state index is -0.403. The molecule has 4 rings (SSSR count). The molecule has 8 nitrogen and oxygen atoms in total. The maximum absolute atomic E-state index is 13.2. The zero-order chi connectivity index (χ0) is 22.4. The summed E-state index contributed by atoms with van der Waals surface area (Å²) < 4.78 is 4.38. The molecule has 0 aliphatic rings. The minimum absolute atomic E-state index is 0.188. The molecule has 0 atom stereocenters. The van der Waals surface area contributed by atoms with Gasteiger partial charge in [0.1, 0.15) is 11.1 Å². The molecule has 0 fully saturated rings. The second-order valence-electron chi connectivity index (χ2n) is 8.00. The highest BCUT2D eigenvalue weighted by atomic mass is 35.5. The molecule has 0 radical (unpaired) electrons. The Morgan fingerprint density at radius 2 is 1.81 bits per heavy atom. The van der Waals surface area contributed by atoms with Crippen LogP contribution < -0.4 is 11.2 Å². The van der Waals surface area contributed by atoms with Crippen molar-refractivity contribution in [2.75, 3.05) is 0 Å². The fourth-order valence-electron chi connectivity index (χ4n) is 3.74. The van der Waals surface area contributed by atoms with Crippen molar-refractivity contribution in [3.8, 4) is 11.4 Å². The van der Waals surface area contributed by atoms with E-state index in [1.165, 1.54) is 7.05 Å². The molecule has 1 aromatic carbocycles. The number of nitrogens with zero attached hydrogens (tertiary/aromatic N) is 5. The maximum atomic E-state index is 13.2. The fraction of sp³-hybridized carbons (Fsp3) is 0.333. The quantitative estimate of drug-likeness (QED) is 0.492. The monoisotopic (exact) mass is 460 g/mol. The Labute approximate surface area is 188 Å². The van der Waals surface area contributed by atoms with Gasteiger partial charge in [-0.05, 0) is 36.6 Å². The number of H-pyrrole nitrogens is 1. The van der Waals surface area contributed by atoms with E-state index in [0.29, 0.717) is 45.6 Å². The van der Waals surface area contributed by atoms with Gasteiger partial charge in [-0.1, -0.05) is 37.0 Å². The Hall–Kier alpha value is -2.84. The molecule has 0 amide bonds. The van der Waals surface area contributed by atoms with Crippen LogP contribution in [0.25, 0.3) is 22.4 Å². The van der Waals surface area contributed by atoms with Gasteiger partial charge in [0, 0.05) is 23.6 Å². The van der Waals surface area contributed by atoms with E-state index < -0.39 is 11.2 Å². The lowest BCUT2D eigenvalue weighted by molar-refractivity contribution is 0.498. The number of hydrogen-bond donors (Lipinski definition) is 1. The van der Waals surface area contributed by atoms with Crippen LogP contribution in [-0.4, -0.2) is 28.9 Å². The van der Waals surface area contributed by atoms with Crippen LogP contribution in [0.3, 0.4) is 0 Å². The lowest BCUT2D eigenvalue weighted by Crippen LogP contribution is -2.38. The molecule has 10 heteroatoms. The predicted octanol–water partition coefficient (Wildman–Crippen LogP) is 3.61. The maximum Gasteiger partial charge on any atom is 0.332 e. The van der Waals surface area contributed by atoms with Crippen LogP contribution in [0.5, 0.6) is 0 Å². The molecule has 0 bridgehead atoms. The average Bonchev–Trinajstić information content (AvgIpc) is 3.25. The second-order valence-corrected chi connectivity index (χ2v) is 8.87. The third-order valence-corrected chi connectivity index (χ3v) is 5.53. The molecular formula is C21H22Cl2N6O2. The second kappa shape index (κ2) is 8.01. The van der Waals surface area contributed by atoms with Crippen molar-refractivity contribution in [3.05, 3.63) is 66.7 Å². The van der Waals surface area contributed by atoms with E-state index in [1.807, 2.05) is 20.8 Å². The van der Waals surface area contributed by atoms with Gasteiger partial charge in [-0.15, -0.1) is 0 Å². The van der Waals surface area contributed by atoms with Crippen LogP contribution >= 0.6 is 23.2 Å². The summed E-state index contributed by atoms with van der Waals surface area (Å²) in [6.07, 6.45) is 1.57. The molecule has 0 unspecified atom stereocenters. The normalized spacial score (nSPS) is 11.7. The number of aromatic amines is 1. The Morgan fingerprint density at radius 1 is 1.13 bits per heavy atom. The number of benzene rings is 1. The number of nitrogens with one attached hydrogen (secondary N) is 1. The van der Waals surface area contributed by atoms with Gasteiger partial charge in [0.25, 0.3) is 5.56 Å². The molecule has 1 N–H and O–H groups in total. The summed E-state index contributed by atoms with van der Waals surface area (Å²) in [6.45, 7) is 6.61. The number of rotatable bonds is 5. The van der Waals surface area contributed by atoms with Gasteiger partial charge in [0.05, 0.1) is 24.3 Å². The zero-order valence-corrected chi connectivity index (χ0v) is 19.1. The summed E-state index contributed by atoms with van der Waals surface area (Å²) in [5.74, 6) is 0.188. The molecule has 0 saturated carbocycles. The van der Waals surface area contributed by atoms with Crippen molar-refractivity contribution < 1.29 is 0 Å². The van der Waals surface area contributed by atoms with Gasteiger partial charge in [0.15, 0.2) is 5.65 Å². The highest BCUT2D eigenvalue weighted by Crippen LogP contribution is 2.28. The van der Waals surface area contributed by atoms with Crippen LogP contribution in [0.4, 0.5) is 0 Å². The average molecular weight is 461 g/mol. The third kappa shape index (κ3) is 3.81. The van der Waals surface area contributed by atoms with Gasteiger partial charge in [-0.2, -0.15) is 5.10 Å². The number of fused-ring (bicyclic) bond motifs is 1. The van der Waals surface area contributed by atoms with E-state index in [2.05, 4.69) is 9.97 Å². The lowest BCUT2D eigenvalue weighted by atomic mass is 10.1. The van der Waals surface area contributed by atoms with Crippen LogP contribution in [0.2, 0.25) is 10.0 Å². The van der Waals surface area contributed by atoms with Gasteiger partial charge in [0.2, 0.25) is 0 Å². The SMILES string of the molecule is Cc1nc[nH]c1-c1c2c(=O)n(C)c(=O)n(CC(C)C)c2nn1Cc1cc(Cl)cc(Cl)c1. The van der Waals surface area contributed by atoms with E-state index in [-0.39, 0.29) is 5.92 Å². The number of halogens is 2. The van der Waals surface area contributed by atoms with Crippen LogP contribution in [0.1, 0.15) is 25.1 Å². The van der Waals surface area contributed by atoms with Gasteiger partial charge in [-0.3, -0.25) is 18.6 Å². The first-order chi connectivity index (χ1) is 14.7. The molecule has 0 spiro atoms. The van der Waals surface area contributed by atoms with Gasteiger partial charge in [-0.25, -0.2) is 9.78 Å². The summed E-state index contributed by atoms with van der Waals surface area (Å²) in [5, 5.41) is 6.09. The van der Waals surface area contributed by atoms with Crippen molar-refractivity contribution in [2.45, 2.75) is 33.9 Å². The molecule has 4 aromatic rings. The Kier molecular flexibility index (Phi) is 5.53. The van der Waals surface area contributed by atoms with Crippen LogP contribution in [-0.2, 0) is 20.1 Å². The molecular weight excluding hydrogens is 439 g/mol. The largest absolute Gasteiger partial charge is 0.343 e. The summed E-state index contributed by atoms with van der Waals surface area (Å²) in [7, 11) is 1.48. The van der Waals surface area contributed by atoms with Crippen LogP contribution in [0, 0.1) is 12.8 Å². The molecule has 162 valence electrons. The van der Waals surface area contributed by atoms with E-state index in [0.717, 1.165) is 15.8 Å². The fourth-order valence-corrected chi connectivity index (χ4v) is 4.31. The number of imidazole rings is 1. The topological polar surface area (TPSA) is 90.5 Å². The minimum Gasteiger partial charge on any atom is -0.343 e. The van der Waals surface area contributed by atoms with E-state index in [4.69, 9.17) is 28.3 Å². The highest BCUT2D eigenvalue weighted by molar-refractivity contribution is 6.34. The zero-order valence-electron chi connectivity index (χ0n) is 17.6. The molecule has 3 aromatic heterocycles. The highest BCUT2D eigenvalue weighted by Gasteiger charge is 2.24. The van der Waals surface area contributed by atoms with Gasteiger partial charge < -0.3 is 4.98 Å². The Morgan fingerprint density at radius 3 is 2.39 bits per heavy atom. The first-order valence-corrected chi connectivity index (χ1v) is 10.6. The number of hydrogen-bond acceptors (Lipinski definition) is 4. The van der Waals surface area contributed by atoms with E-state index >= 15 is 0 Å². The summed E-state index contributed by atoms with van der Waals surface area (Å²) in [5.41, 5.74) is 2.32. The Balaban J connectivity index is 2.08. The van der Waals surface area contributed by atoms with Crippen molar-refractivity contribution in [1.82, 2.24) is 28.9 Å². The van der Waals surface area contributed by atoms with Crippen molar-refractivity contribution >= 4 is 34.2 Å².